The van der Waals surface area contributed by atoms with Crippen LogP contribution in [0.3, 0.4) is 0 Å². The number of nitrogens with one attached hydrogen (secondary N) is 2. The zero-order valence-electron chi connectivity index (χ0n) is 25.0. The van der Waals surface area contributed by atoms with E-state index in [1.54, 1.807) is 25.7 Å². The minimum Gasteiger partial charge on any atom is -0.483 e. The number of ether oxygens (including phenoxy) is 1. The lowest BCUT2D eigenvalue weighted by Crippen LogP contribution is -2.56. The van der Waals surface area contributed by atoms with Crippen LogP contribution in [0.25, 0.3) is 0 Å². The number of alkyl halides is 3. The summed E-state index contributed by atoms with van der Waals surface area (Å²) in [5, 5.41) is 5.30. The van der Waals surface area contributed by atoms with Crippen molar-refractivity contribution in [3.05, 3.63) is 29.3 Å². The van der Waals surface area contributed by atoms with Gasteiger partial charge in [-0.25, -0.2) is 0 Å². The molecule has 2 aliphatic rings. The van der Waals surface area contributed by atoms with Crippen molar-refractivity contribution >= 4 is 23.6 Å². The van der Waals surface area contributed by atoms with Gasteiger partial charge in [0.2, 0.25) is 11.8 Å². The fraction of sp³-hybridized carbons (Fsp3) is 0.655. The van der Waals surface area contributed by atoms with Gasteiger partial charge < -0.3 is 30.1 Å². The number of piperazine rings is 1. The van der Waals surface area contributed by atoms with Crippen LogP contribution in [0.4, 0.5) is 13.2 Å². The molecule has 0 spiro atoms. The van der Waals surface area contributed by atoms with E-state index in [1.165, 1.54) is 4.90 Å². The van der Waals surface area contributed by atoms with Crippen molar-refractivity contribution in [2.24, 2.45) is 0 Å². The lowest BCUT2D eigenvalue weighted by atomic mass is 10.1. The van der Waals surface area contributed by atoms with Gasteiger partial charge in [-0.15, -0.1) is 0 Å². The van der Waals surface area contributed by atoms with Crippen LogP contribution in [0.2, 0.25) is 0 Å². The second-order valence-corrected chi connectivity index (χ2v) is 11.9. The molecule has 0 aromatic heterocycles. The van der Waals surface area contributed by atoms with Gasteiger partial charge in [0.15, 0.2) is 6.61 Å². The third-order valence-corrected chi connectivity index (χ3v) is 7.24. The lowest BCUT2D eigenvalue weighted by Gasteiger charge is -2.36. The van der Waals surface area contributed by atoms with Crippen LogP contribution in [-0.4, -0.2) is 102 Å². The average Bonchev–Trinajstić information content (AvgIpc) is 3.39. The molecule has 2 atom stereocenters. The minimum absolute atomic E-state index is 0.109. The highest BCUT2D eigenvalue weighted by Gasteiger charge is 2.40. The van der Waals surface area contributed by atoms with Gasteiger partial charge in [0.05, 0.1) is 11.1 Å². The van der Waals surface area contributed by atoms with E-state index in [9.17, 15) is 32.3 Å². The van der Waals surface area contributed by atoms with Crippen LogP contribution < -0.4 is 15.4 Å². The Bertz CT molecular complexity index is 1150. The first-order valence-corrected chi connectivity index (χ1v) is 14.3. The molecule has 0 radical (unpaired) electrons. The average molecular weight is 598 g/mol. The first-order valence-electron chi connectivity index (χ1n) is 14.3. The van der Waals surface area contributed by atoms with Gasteiger partial charge in [-0.1, -0.05) is 13.3 Å². The van der Waals surface area contributed by atoms with Crippen molar-refractivity contribution in [3.8, 4) is 5.75 Å². The van der Waals surface area contributed by atoms with Gasteiger partial charge in [0.1, 0.15) is 17.8 Å². The summed E-state index contributed by atoms with van der Waals surface area (Å²) in [6, 6.07) is 0.768. The van der Waals surface area contributed by atoms with E-state index in [0.29, 0.717) is 45.0 Å². The van der Waals surface area contributed by atoms with Crippen molar-refractivity contribution in [2.75, 3.05) is 46.4 Å². The standard InChI is InChI=1S/C29H42F3N5O5/c1-6-8-21(26(40)37-12-7-9-22(37)27(41)36-15-13-35(5)14-16-36)33-25(39)20-11-10-19(29(30,31)32)17-23(20)42-18-24(38)34-28(2,3)4/h10-11,17,21-22H,6-9,12-16,18H2,1-5H3,(H,33,39)(H,34,38)/t21-,22-/m1/s1. The van der Waals surface area contributed by atoms with Crippen LogP contribution in [0.1, 0.15) is 69.3 Å². The van der Waals surface area contributed by atoms with E-state index in [4.69, 9.17) is 4.74 Å². The summed E-state index contributed by atoms with van der Waals surface area (Å²) in [6.07, 6.45) is -2.73. The molecule has 234 valence electrons. The van der Waals surface area contributed by atoms with E-state index < -0.39 is 59.4 Å². The van der Waals surface area contributed by atoms with Crippen LogP contribution in [0.15, 0.2) is 18.2 Å². The zero-order chi connectivity index (χ0) is 31.2. The summed E-state index contributed by atoms with van der Waals surface area (Å²) < 4.78 is 45.7. The number of likely N-dealkylation sites (tertiary alicyclic amines) is 1. The predicted octanol–water partition coefficient (Wildman–Crippen LogP) is 2.66. The highest BCUT2D eigenvalue weighted by Crippen LogP contribution is 2.33. The maximum absolute atomic E-state index is 13.7. The number of carbonyl (C=O) groups excluding carboxylic acids is 4. The van der Waals surface area contributed by atoms with Gasteiger partial charge in [-0.3, -0.25) is 19.2 Å². The topological polar surface area (TPSA) is 111 Å². The number of nitrogens with zero attached hydrogens (tertiary/aromatic N) is 3. The van der Waals surface area contributed by atoms with Gasteiger partial charge in [0.25, 0.3) is 11.8 Å². The van der Waals surface area contributed by atoms with E-state index in [-0.39, 0.29) is 17.9 Å². The SMILES string of the molecule is CCC[C@@H](NC(=O)c1ccc(C(F)(F)F)cc1OCC(=O)NC(C)(C)C)C(=O)N1CCC[C@@H]1C(=O)N1CCN(C)CC1. The number of likely N-dealkylation sites (N-methyl/N-ethyl adjacent to an activating group) is 1. The Labute approximate surface area is 244 Å². The summed E-state index contributed by atoms with van der Waals surface area (Å²) in [5.74, 6) is -2.34. The molecule has 10 nitrogen and oxygen atoms in total. The third-order valence-electron chi connectivity index (χ3n) is 7.24. The van der Waals surface area contributed by atoms with E-state index in [2.05, 4.69) is 15.5 Å². The van der Waals surface area contributed by atoms with Crippen LogP contribution in [-0.2, 0) is 20.6 Å². The number of hydrogen-bond acceptors (Lipinski definition) is 6. The Morgan fingerprint density at radius 2 is 1.71 bits per heavy atom. The molecule has 2 fully saturated rings. The molecule has 0 unspecified atom stereocenters. The molecule has 42 heavy (non-hydrogen) atoms. The maximum Gasteiger partial charge on any atom is 0.416 e. The Hall–Kier alpha value is -3.35. The van der Waals surface area contributed by atoms with Crippen molar-refractivity contribution < 1.29 is 37.1 Å². The second-order valence-electron chi connectivity index (χ2n) is 11.9. The number of hydrogen-bond donors (Lipinski definition) is 2. The normalized spacial score (nSPS) is 18.9. The third kappa shape index (κ3) is 8.83. The fourth-order valence-corrected chi connectivity index (χ4v) is 5.11. The van der Waals surface area contributed by atoms with Crippen molar-refractivity contribution in [3.63, 3.8) is 0 Å². The summed E-state index contributed by atoms with van der Waals surface area (Å²) in [6.45, 7) is 9.46. The summed E-state index contributed by atoms with van der Waals surface area (Å²) in [7, 11) is 1.99. The molecule has 2 N–H and O–H groups in total. The van der Waals surface area contributed by atoms with E-state index in [1.807, 2.05) is 14.0 Å². The lowest BCUT2D eigenvalue weighted by molar-refractivity contribution is -0.145. The van der Waals surface area contributed by atoms with Gasteiger partial charge >= 0.3 is 6.18 Å². The monoisotopic (exact) mass is 597 g/mol. The Morgan fingerprint density at radius 3 is 2.31 bits per heavy atom. The molecule has 0 aliphatic carbocycles. The minimum atomic E-state index is -4.71. The smallest absolute Gasteiger partial charge is 0.416 e. The molecule has 1 aromatic carbocycles. The predicted molar refractivity (Wildman–Crippen MR) is 150 cm³/mol. The molecule has 2 saturated heterocycles. The Kier molecular flexibility index (Phi) is 10.9. The summed E-state index contributed by atoms with van der Waals surface area (Å²) in [5.41, 5.74) is -1.89. The Morgan fingerprint density at radius 1 is 1.05 bits per heavy atom. The first-order chi connectivity index (χ1) is 19.6. The van der Waals surface area contributed by atoms with Crippen LogP contribution >= 0.6 is 0 Å². The maximum atomic E-state index is 13.7. The Balaban J connectivity index is 1.79. The van der Waals surface area contributed by atoms with Gasteiger partial charge in [-0.05, 0) is 65.3 Å². The van der Waals surface area contributed by atoms with Gasteiger partial charge in [0, 0.05) is 38.3 Å². The highest BCUT2D eigenvalue weighted by atomic mass is 19.4. The number of amides is 4. The van der Waals surface area contributed by atoms with Crippen LogP contribution in [0, 0.1) is 0 Å². The number of carbonyl (C=O) groups is 4. The second kappa shape index (κ2) is 13.7. The summed E-state index contributed by atoms with van der Waals surface area (Å²) in [4.78, 5) is 58.0. The van der Waals surface area contributed by atoms with Crippen molar-refractivity contribution in [1.82, 2.24) is 25.3 Å². The number of halogens is 3. The zero-order valence-corrected chi connectivity index (χ0v) is 25.0. The largest absolute Gasteiger partial charge is 0.483 e. The number of benzene rings is 1. The molecule has 13 heteroatoms. The molecule has 0 bridgehead atoms. The van der Waals surface area contributed by atoms with E-state index >= 15 is 0 Å². The number of rotatable bonds is 9. The molecule has 2 heterocycles. The molecular weight excluding hydrogens is 555 g/mol. The quantitative estimate of drug-likeness (QED) is 0.453. The first kappa shape index (κ1) is 33.2. The van der Waals surface area contributed by atoms with E-state index in [0.717, 1.165) is 25.2 Å². The molecular formula is C29H42F3N5O5. The van der Waals surface area contributed by atoms with Crippen LogP contribution in [0.5, 0.6) is 5.75 Å². The highest BCUT2D eigenvalue weighted by molar-refractivity contribution is 6.00. The van der Waals surface area contributed by atoms with Crippen molar-refractivity contribution in [2.45, 2.75) is 77.2 Å². The molecule has 0 saturated carbocycles. The summed E-state index contributed by atoms with van der Waals surface area (Å²) >= 11 is 0. The molecule has 3 rings (SSSR count). The molecule has 2 aliphatic heterocycles. The molecule has 4 amide bonds. The van der Waals surface area contributed by atoms with Crippen molar-refractivity contribution in [1.29, 1.82) is 0 Å². The van der Waals surface area contributed by atoms with Gasteiger partial charge in [-0.2, -0.15) is 13.2 Å². The molecule has 1 aromatic rings. The fourth-order valence-electron chi connectivity index (χ4n) is 5.11.